The molecule has 0 radical (unpaired) electrons. The Morgan fingerprint density at radius 1 is 1.19 bits per heavy atom. The molecule has 0 aliphatic carbocycles. The lowest BCUT2D eigenvalue weighted by Gasteiger charge is -2.18. The maximum atomic E-state index is 11.0. The first kappa shape index (κ1) is 10.7. The zero-order chi connectivity index (χ0) is 11.8. The van der Waals surface area contributed by atoms with E-state index in [4.69, 9.17) is 0 Å². The molecule has 0 unspecified atom stereocenters. The van der Waals surface area contributed by atoms with Gasteiger partial charge in [0, 0.05) is 10.8 Å². The average molecular weight is 214 g/mol. The van der Waals surface area contributed by atoms with Crippen molar-refractivity contribution in [1.82, 2.24) is 0 Å². The molecule has 16 heavy (non-hydrogen) atoms. The highest BCUT2D eigenvalue weighted by atomic mass is 16.3. The molecule has 0 atom stereocenters. The monoisotopic (exact) mass is 214 g/mol. The predicted molar refractivity (Wildman–Crippen MR) is 64.7 cm³/mol. The van der Waals surface area contributed by atoms with Gasteiger partial charge in [-0.2, -0.15) is 0 Å². The molecular formula is C14H14O2. The second kappa shape index (κ2) is 3.63. The van der Waals surface area contributed by atoms with Gasteiger partial charge in [-0.15, -0.1) is 0 Å². The Morgan fingerprint density at radius 3 is 2.62 bits per heavy atom. The first-order chi connectivity index (χ1) is 7.54. The van der Waals surface area contributed by atoms with Crippen LogP contribution in [0, 0.1) is 0 Å². The van der Waals surface area contributed by atoms with Crippen LogP contribution in [0.4, 0.5) is 0 Å². The number of hydrogen-bond donors (Lipinski definition) is 1. The lowest BCUT2D eigenvalue weighted by atomic mass is 9.85. The summed E-state index contributed by atoms with van der Waals surface area (Å²) in [5.41, 5.74) is 0.396. The first-order valence-electron chi connectivity index (χ1n) is 5.23. The van der Waals surface area contributed by atoms with E-state index in [-0.39, 0.29) is 5.75 Å². The van der Waals surface area contributed by atoms with Gasteiger partial charge in [0.1, 0.15) is 12.0 Å². The molecule has 0 aromatic heterocycles. The molecule has 0 saturated carbocycles. The van der Waals surface area contributed by atoms with E-state index < -0.39 is 5.41 Å². The van der Waals surface area contributed by atoms with Gasteiger partial charge in [-0.1, -0.05) is 24.3 Å². The molecule has 0 spiro atoms. The maximum Gasteiger partial charge on any atom is 0.129 e. The van der Waals surface area contributed by atoms with Crippen molar-refractivity contribution in [3.63, 3.8) is 0 Å². The molecule has 0 bridgehead atoms. The Bertz CT molecular complexity index is 541. The van der Waals surface area contributed by atoms with E-state index in [1.54, 1.807) is 6.07 Å². The number of aldehydes is 1. The van der Waals surface area contributed by atoms with E-state index in [1.165, 1.54) is 0 Å². The third kappa shape index (κ3) is 1.67. The molecule has 2 aromatic carbocycles. The zero-order valence-corrected chi connectivity index (χ0v) is 9.40. The fraction of sp³-hybridized carbons (Fsp3) is 0.214. The van der Waals surface area contributed by atoms with Gasteiger partial charge in [0.15, 0.2) is 0 Å². The van der Waals surface area contributed by atoms with E-state index in [0.717, 1.165) is 22.6 Å². The van der Waals surface area contributed by atoms with Crippen molar-refractivity contribution in [2.24, 2.45) is 0 Å². The van der Waals surface area contributed by atoms with Gasteiger partial charge in [-0.3, -0.25) is 0 Å². The number of phenols is 1. The molecular weight excluding hydrogens is 200 g/mol. The highest BCUT2D eigenvalue weighted by Crippen LogP contribution is 2.29. The summed E-state index contributed by atoms with van der Waals surface area (Å²) in [4.78, 5) is 11.0. The predicted octanol–water partition coefficient (Wildman–Crippen LogP) is 3.02. The minimum absolute atomic E-state index is 0.251. The van der Waals surface area contributed by atoms with Gasteiger partial charge in [-0.05, 0) is 36.9 Å². The molecule has 2 heteroatoms. The topological polar surface area (TPSA) is 37.3 Å². The fourth-order valence-corrected chi connectivity index (χ4v) is 1.72. The van der Waals surface area contributed by atoms with Crippen LogP contribution in [0.25, 0.3) is 10.8 Å². The molecule has 0 heterocycles. The third-order valence-electron chi connectivity index (χ3n) is 2.90. The van der Waals surface area contributed by atoms with Crippen LogP contribution in [-0.2, 0) is 10.2 Å². The molecule has 2 nitrogen and oxygen atoms in total. The summed E-state index contributed by atoms with van der Waals surface area (Å²) in [6.45, 7) is 3.72. The molecule has 0 saturated heterocycles. The number of benzene rings is 2. The third-order valence-corrected chi connectivity index (χ3v) is 2.90. The van der Waals surface area contributed by atoms with Crippen LogP contribution >= 0.6 is 0 Å². The first-order valence-corrected chi connectivity index (χ1v) is 5.23. The van der Waals surface area contributed by atoms with Crippen molar-refractivity contribution in [3.8, 4) is 5.75 Å². The minimum atomic E-state index is -0.517. The second-order valence-corrected chi connectivity index (χ2v) is 4.55. The van der Waals surface area contributed by atoms with E-state index in [2.05, 4.69) is 0 Å². The molecule has 0 aliphatic heterocycles. The van der Waals surface area contributed by atoms with Crippen LogP contribution < -0.4 is 0 Å². The summed E-state index contributed by atoms with van der Waals surface area (Å²) >= 11 is 0. The van der Waals surface area contributed by atoms with Crippen molar-refractivity contribution >= 4 is 17.1 Å². The van der Waals surface area contributed by atoms with E-state index in [9.17, 15) is 9.90 Å². The van der Waals surface area contributed by atoms with Crippen LogP contribution in [0.5, 0.6) is 5.75 Å². The van der Waals surface area contributed by atoms with Crippen molar-refractivity contribution in [2.75, 3.05) is 0 Å². The molecule has 82 valence electrons. The zero-order valence-electron chi connectivity index (χ0n) is 9.40. The summed E-state index contributed by atoms with van der Waals surface area (Å²) in [7, 11) is 0. The highest BCUT2D eigenvalue weighted by molar-refractivity contribution is 5.89. The minimum Gasteiger partial charge on any atom is -0.507 e. The van der Waals surface area contributed by atoms with E-state index in [1.807, 2.05) is 44.2 Å². The highest BCUT2D eigenvalue weighted by Gasteiger charge is 2.19. The second-order valence-electron chi connectivity index (χ2n) is 4.55. The fourth-order valence-electron chi connectivity index (χ4n) is 1.72. The van der Waals surface area contributed by atoms with Crippen LogP contribution in [0.3, 0.4) is 0 Å². The molecule has 2 rings (SSSR count). The van der Waals surface area contributed by atoms with Crippen molar-refractivity contribution in [2.45, 2.75) is 19.3 Å². The normalized spacial score (nSPS) is 11.6. The van der Waals surface area contributed by atoms with Crippen molar-refractivity contribution in [1.29, 1.82) is 0 Å². The molecule has 0 fully saturated rings. The molecule has 0 amide bonds. The number of fused-ring (bicyclic) bond motifs is 1. The summed E-state index contributed by atoms with van der Waals surface area (Å²) < 4.78 is 0. The Balaban J connectivity index is 2.68. The Morgan fingerprint density at radius 2 is 1.94 bits per heavy atom. The van der Waals surface area contributed by atoms with Gasteiger partial charge >= 0.3 is 0 Å². The molecule has 0 aliphatic rings. The van der Waals surface area contributed by atoms with Gasteiger partial charge < -0.3 is 9.90 Å². The Kier molecular flexibility index (Phi) is 2.43. The average Bonchev–Trinajstić information content (AvgIpc) is 2.29. The molecule has 1 N–H and O–H groups in total. The Hall–Kier alpha value is -1.83. The summed E-state index contributed by atoms with van der Waals surface area (Å²) in [6, 6.07) is 11.1. The largest absolute Gasteiger partial charge is 0.507 e. The number of hydrogen-bond acceptors (Lipinski definition) is 2. The summed E-state index contributed by atoms with van der Waals surface area (Å²) in [5, 5.41) is 11.5. The van der Waals surface area contributed by atoms with Crippen molar-refractivity contribution < 1.29 is 9.90 Å². The number of rotatable bonds is 2. The van der Waals surface area contributed by atoms with Crippen LogP contribution in [-0.4, -0.2) is 11.4 Å². The molecule has 2 aromatic rings. The summed E-state index contributed by atoms with van der Waals surface area (Å²) in [5.74, 6) is 0.251. The number of carbonyl (C=O) groups excluding carboxylic acids is 1. The van der Waals surface area contributed by atoms with Gasteiger partial charge in [0.2, 0.25) is 0 Å². The SMILES string of the molecule is CC(C)(C=O)c1ccc2cccc(O)c2c1. The quantitative estimate of drug-likeness (QED) is 0.780. The lowest BCUT2D eigenvalue weighted by molar-refractivity contribution is -0.111. The van der Waals surface area contributed by atoms with Gasteiger partial charge in [0.05, 0.1) is 0 Å². The summed E-state index contributed by atoms with van der Waals surface area (Å²) in [6.07, 6.45) is 0.925. The number of aromatic hydroxyl groups is 1. The van der Waals surface area contributed by atoms with E-state index in [0.29, 0.717) is 0 Å². The van der Waals surface area contributed by atoms with Gasteiger partial charge in [-0.25, -0.2) is 0 Å². The maximum absolute atomic E-state index is 11.0. The van der Waals surface area contributed by atoms with Gasteiger partial charge in [0.25, 0.3) is 0 Å². The Labute approximate surface area is 94.5 Å². The van der Waals surface area contributed by atoms with Crippen molar-refractivity contribution in [3.05, 3.63) is 42.0 Å². The standard InChI is InChI=1S/C14H14O2/c1-14(2,9-15)11-7-6-10-4-3-5-13(16)12(10)8-11/h3-9,16H,1-2H3. The van der Waals surface area contributed by atoms with Crippen LogP contribution in [0.2, 0.25) is 0 Å². The number of carbonyl (C=O) groups is 1. The number of phenolic OH excluding ortho intramolecular Hbond substituents is 1. The van der Waals surface area contributed by atoms with Crippen LogP contribution in [0.1, 0.15) is 19.4 Å². The lowest BCUT2D eigenvalue weighted by Crippen LogP contribution is -2.18. The smallest absolute Gasteiger partial charge is 0.129 e. The van der Waals surface area contributed by atoms with Crippen LogP contribution in [0.15, 0.2) is 36.4 Å². The van der Waals surface area contributed by atoms with E-state index >= 15 is 0 Å².